The van der Waals surface area contributed by atoms with Gasteiger partial charge in [-0.15, -0.1) is 0 Å². The zero-order valence-corrected chi connectivity index (χ0v) is 11.0. The lowest BCUT2D eigenvalue weighted by molar-refractivity contribution is 0.0697. The molecule has 1 rings (SSSR count). The first-order valence-electron chi connectivity index (χ1n) is 4.96. The van der Waals surface area contributed by atoms with Crippen LogP contribution in [0.3, 0.4) is 0 Å². The fourth-order valence-electron chi connectivity index (χ4n) is 1.27. The Balaban J connectivity index is 3.17. The van der Waals surface area contributed by atoms with Crippen LogP contribution in [0.5, 0.6) is 0 Å². The van der Waals surface area contributed by atoms with E-state index in [0.29, 0.717) is 4.31 Å². The smallest absolute Gasteiger partial charge is 0.422 e. The van der Waals surface area contributed by atoms with Crippen LogP contribution in [0.2, 0.25) is 0 Å². The van der Waals surface area contributed by atoms with Gasteiger partial charge >= 0.3 is 22.3 Å². The van der Waals surface area contributed by atoms with Gasteiger partial charge in [-0.25, -0.2) is 14.3 Å². The molecule has 2 N–H and O–H groups in total. The molecular formula is C10H12N2O6S. The summed E-state index contributed by atoms with van der Waals surface area (Å²) in [4.78, 5) is 21.9. The molecule has 0 aliphatic heterocycles. The summed E-state index contributed by atoms with van der Waals surface area (Å²) in [5, 5.41) is 8.97. The zero-order chi connectivity index (χ0) is 14.6. The lowest BCUT2D eigenvalue weighted by atomic mass is 10.2. The van der Waals surface area contributed by atoms with Crippen LogP contribution in [0, 0.1) is 0 Å². The fourth-order valence-corrected chi connectivity index (χ4v) is 2.12. The number of benzene rings is 1. The summed E-state index contributed by atoms with van der Waals surface area (Å²) in [5.41, 5.74) is -0.286. The van der Waals surface area contributed by atoms with E-state index >= 15 is 0 Å². The van der Waals surface area contributed by atoms with Crippen molar-refractivity contribution < 1.29 is 27.9 Å². The Morgan fingerprint density at radius 3 is 2.42 bits per heavy atom. The Morgan fingerprint density at radius 1 is 1.32 bits per heavy atom. The average Bonchev–Trinajstić information content (AvgIpc) is 2.37. The van der Waals surface area contributed by atoms with E-state index in [1.54, 1.807) is 4.72 Å². The number of carboxylic acids is 1. The van der Waals surface area contributed by atoms with E-state index < -0.39 is 22.3 Å². The maximum Gasteiger partial charge on any atom is 0.422 e. The van der Waals surface area contributed by atoms with Crippen LogP contribution in [-0.4, -0.2) is 39.7 Å². The molecule has 0 heterocycles. The van der Waals surface area contributed by atoms with E-state index in [1.807, 2.05) is 0 Å². The molecule has 19 heavy (non-hydrogen) atoms. The molecule has 0 spiro atoms. The summed E-state index contributed by atoms with van der Waals surface area (Å²) >= 11 is 0. The molecule has 1 amide bonds. The predicted octanol–water partition coefficient (Wildman–Crippen LogP) is 0.422. The Labute approximate surface area is 109 Å². The molecule has 0 aliphatic carbocycles. The zero-order valence-electron chi connectivity index (χ0n) is 10.2. The van der Waals surface area contributed by atoms with Crippen molar-refractivity contribution in [1.82, 2.24) is 4.72 Å². The number of nitrogens with one attached hydrogen (secondary N) is 1. The number of ether oxygens (including phenoxy) is 1. The molecule has 1 aromatic rings. The number of amides is 1. The van der Waals surface area contributed by atoms with Crippen molar-refractivity contribution in [2.45, 2.75) is 0 Å². The van der Waals surface area contributed by atoms with Gasteiger partial charge in [-0.2, -0.15) is 8.42 Å². The third-order valence-electron chi connectivity index (χ3n) is 2.23. The van der Waals surface area contributed by atoms with Gasteiger partial charge in [0.1, 0.15) is 0 Å². The summed E-state index contributed by atoms with van der Waals surface area (Å²) in [6.45, 7) is 0. The van der Waals surface area contributed by atoms with Crippen LogP contribution in [0.15, 0.2) is 24.3 Å². The maximum atomic E-state index is 11.8. The molecule has 0 radical (unpaired) electrons. The number of anilines is 1. The Bertz CT molecular complexity index is 598. The van der Waals surface area contributed by atoms with Gasteiger partial charge in [0.2, 0.25) is 0 Å². The van der Waals surface area contributed by atoms with Crippen molar-refractivity contribution >= 4 is 28.0 Å². The molecule has 9 heteroatoms. The van der Waals surface area contributed by atoms with E-state index in [4.69, 9.17) is 5.11 Å². The topological polar surface area (TPSA) is 113 Å². The second-order valence-corrected chi connectivity index (χ2v) is 5.09. The van der Waals surface area contributed by atoms with Crippen LogP contribution in [-0.2, 0) is 14.9 Å². The van der Waals surface area contributed by atoms with E-state index in [1.165, 1.54) is 24.3 Å². The molecule has 0 fully saturated rings. The van der Waals surface area contributed by atoms with Crippen molar-refractivity contribution in [2.75, 3.05) is 18.5 Å². The molecule has 0 aliphatic rings. The van der Waals surface area contributed by atoms with E-state index in [9.17, 15) is 18.0 Å². The van der Waals surface area contributed by atoms with Crippen LogP contribution < -0.4 is 9.03 Å². The molecule has 104 valence electrons. The van der Waals surface area contributed by atoms with E-state index in [0.717, 1.165) is 14.2 Å². The Morgan fingerprint density at radius 2 is 1.89 bits per heavy atom. The van der Waals surface area contributed by atoms with Crippen molar-refractivity contribution in [3.05, 3.63) is 29.8 Å². The number of para-hydroxylation sites is 1. The summed E-state index contributed by atoms with van der Waals surface area (Å²) in [7, 11) is -2.11. The fraction of sp³-hybridized carbons (Fsp3) is 0.200. The van der Waals surface area contributed by atoms with Gasteiger partial charge in [0.15, 0.2) is 0 Å². The first-order chi connectivity index (χ1) is 8.79. The number of hydrogen-bond acceptors (Lipinski definition) is 5. The summed E-state index contributed by atoms with van der Waals surface area (Å²) in [6, 6.07) is 5.49. The van der Waals surface area contributed by atoms with E-state index in [2.05, 4.69) is 4.74 Å². The highest BCUT2D eigenvalue weighted by atomic mass is 32.2. The second-order valence-electron chi connectivity index (χ2n) is 3.39. The lowest BCUT2D eigenvalue weighted by Crippen LogP contribution is -2.42. The second kappa shape index (κ2) is 5.57. The number of rotatable bonds is 4. The monoisotopic (exact) mass is 288 g/mol. The highest BCUT2D eigenvalue weighted by molar-refractivity contribution is 7.91. The van der Waals surface area contributed by atoms with Gasteiger partial charge in [0.25, 0.3) is 0 Å². The first kappa shape index (κ1) is 14.8. The Hall–Kier alpha value is -2.29. The number of nitrogens with zero attached hydrogens (tertiary/aromatic N) is 1. The molecule has 0 atom stereocenters. The minimum absolute atomic E-state index is 0.0774. The largest absolute Gasteiger partial charge is 0.478 e. The lowest BCUT2D eigenvalue weighted by Gasteiger charge is -2.20. The van der Waals surface area contributed by atoms with Crippen LogP contribution in [0.1, 0.15) is 10.4 Å². The number of carboxylic acid groups (broad SMARTS) is 1. The quantitative estimate of drug-likeness (QED) is 0.830. The van der Waals surface area contributed by atoms with Gasteiger partial charge in [-0.1, -0.05) is 12.1 Å². The highest BCUT2D eigenvalue weighted by Crippen LogP contribution is 2.21. The number of carbonyl (C=O) groups is 2. The molecule has 0 saturated carbocycles. The molecule has 1 aromatic carbocycles. The molecule has 0 saturated heterocycles. The number of carbonyl (C=O) groups excluding carboxylic acids is 1. The number of methoxy groups -OCH3 is 1. The summed E-state index contributed by atoms with van der Waals surface area (Å²) < 4.78 is 30.0. The summed E-state index contributed by atoms with van der Waals surface area (Å²) in [5.74, 6) is -1.28. The minimum atomic E-state index is -4.24. The van der Waals surface area contributed by atoms with Crippen LogP contribution in [0.4, 0.5) is 10.5 Å². The SMILES string of the molecule is COC(=O)NS(=O)(=O)N(C)c1ccccc1C(=O)O. The van der Waals surface area contributed by atoms with Crippen LogP contribution >= 0.6 is 0 Å². The van der Waals surface area contributed by atoms with Crippen molar-refractivity contribution in [1.29, 1.82) is 0 Å². The highest BCUT2D eigenvalue weighted by Gasteiger charge is 2.24. The van der Waals surface area contributed by atoms with Gasteiger partial charge in [-0.05, 0) is 12.1 Å². The van der Waals surface area contributed by atoms with Crippen molar-refractivity contribution in [3.8, 4) is 0 Å². The standard InChI is InChI=1S/C10H12N2O6S/c1-12(19(16,17)11-10(15)18-2)8-6-4-3-5-7(8)9(13)14/h3-6H,1-2H3,(H,11,15)(H,13,14). The predicted molar refractivity (Wildman–Crippen MR) is 66.3 cm³/mol. The van der Waals surface area contributed by atoms with Gasteiger partial charge in [0.05, 0.1) is 18.4 Å². The number of aromatic carboxylic acids is 1. The van der Waals surface area contributed by atoms with Crippen LogP contribution in [0.25, 0.3) is 0 Å². The molecule has 8 nitrogen and oxygen atoms in total. The van der Waals surface area contributed by atoms with Crippen molar-refractivity contribution in [2.24, 2.45) is 0 Å². The molecular weight excluding hydrogens is 276 g/mol. The van der Waals surface area contributed by atoms with Gasteiger partial charge in [-0.3, -0.25) is 4.31 Å². The van der Waals surface area contributed by atoms with Gasteiger partial charge in [0, 0.05) is 7.05 Å². The average molecular weight is 288 g/mol. The first-order valence-corrected chi connectivity index (χ1v) is 6.40. The molecule has 0 bridgehead atoms. The number of hydrogen-bond donors (Lipinski definition) is 2. The summed E-state index contributed by atoms with van der Waals surface area (Å²) in [6.07, 6.45) is -1.17. The third kappa shape index (κ3) is 3.35. The Kier molecular flexibility index (Phi) is 4.33. The maximum absolute atomic E-state index is 11.8. The van der Waals surface area contributed by atoms with E-state index in [-0.39, 0.29) is 11.3 Å². The third-order valence-corrected chi connectivity index (χ3v) is 3.57. The molecule has 0 unspecified atom stereocenters. The molecule has 0 aromatic heterocycles. The normalized spacial score (nSPS) is 10.6. The van der Waals surface area contributed by atoms with Crippen molar-refractivity contribution in [3.63, 3.8) is 0 Å². The minimum Gasteiger partial charge on any atom is -0.478 e. The van der Waals surface area contributed by atoms with Gasteiger partial charge < -0.3 is 9.84 Å².